The Labute approximate surface area is 200 Å². The van der Waals surface area contributed by atoms with E-state index in [1.807, 2.05) is 61.1 Å². The summed E-state index contributed by atoms with van der Waals surface area (Å²) >= 11 is 6.05. The van der Waals surface area contributed by atoms with Gasteiger partial charge in [0.05, 0.1) is 12.2 Å². The number of benzene rings is 1. The second-order valence-electron chi connectivity index (χ2n) is 6.87. The van der Waals surface area contributed by atoms with Gasteiger partial charge < -0.3 is 10.6 Å². The monoisotopic (exact) mass is 538 g/mol. The van der Waals surface area contributed by atoms with Crippen LogP contribution in [-0.4, -0.2) is 33.8 Å². The average molecular weight is 539 g/mol. The first kappa shape index (κ1) is 24.1. The molecule has 160 valence electrons. The molecule has 0 saturated heterocycles. The Balaban J connectivity index is 0.00000320. The molecule has 30 heavy (non-hydrogen) atoms. The molecular weight excluding hydrogens is 511 g/mol. The molecule has 0 spiro atoms. The summed E-state index contributed by atoms with van der Waals surface area (Å²) in [6.45, 7) is 8.20. The number of hydrogen-bond donors (Lipinski definition) is 2. The molecule has 0 aliphatic heterocycles. The van der Waals surface area contributed by atoms with Crippen molar-refractivity contribution in [1.82, 2.24) is 25.4 Å². The van der Waals surface area contributed by atoms with Crippen LogP contribution in [0.15, 0.2) is 53.7 Å². The van der Waals surface area contributed by atoms with Crippen LogP contribution in [-0.2, 0) is 13.0 Å². The smallest absolute Gasteiger partial charge is 0.191 e. The number of aliphatic imine (C=N–C) groups is 1. The van der Waals surface area contributed by atoms with Gasteiger partial charge in [0.15, 0.2) is 11.8 Å². The van der Waals surface area contributed by atoms with Gasteiger partial charge in [0.1, 0.15) is 0 Å². The molecule has 2 heterocycles. The van der Waals surface area contributed by atoms with Gasteiger partial charge in [-0.05, 0) is 62.6 Å². The molecule has 1 aromatic carbocycles. The third-order valence-corrected chi connectivity index (χ3v) is 4.63. The number of guanidine groups is 1. The van der Waals surface area contributed by atoms with Crippen molar-refractivity contribution in [2.24, 2.45) is 4.99 Å². The summed E-state index contributed by atoms with van der Waals surface area (Å²) in [5.41, 5.74) is 4.29. The highest BCUT2D eigenvalue weighted by molar-refractivity contribution is 14.0. The van der Waals surface area contributed by atoms with Crippen LogP contribution in [0.25, 0.3) is 5.82 Å². The van der Waals surface area contributed by atoms with Crippen molar-refractivity contribution >= 4 is 41.5 Å². The van der Waals surface area contributed by atoms with E-state index in [2.05, 4.69) is 38.7 Å². The Kier molecular flexibility index (Phi) is 9.58. The average Bonchev–Trinajstić information content (AvgIpc) is 3.04. The highest BCUT2D eigenvalue weighted by Crippen LogP contribution is 2.11. The first-order chi connectivity index (χ1) is 14.0. The molecule has 2 aromatic heterocycles. The second-order valence-corrected chi connectivity index (χ2v) is 7.30. The maximum atomic E-state index is 6.05. The van der Waals surface area contributed by atoms with E-state index in [1.54, 1.807) is 0 Å². The van der Waals surface area contributed by atoms with Gasteiger partial charge in [-0.2, -0.15) is 5.10 Å². The minimum Gasteiger partial charge on any atom is -0.357 e. The van der Waals surface area contributed by atoms with Crippen LogP contribution in [0.5, 0.6) is 0 Å². The lowest BCUT2D eigenvalue weighted by Crippen LogP contribution is -2.38. The normalized spacial score (nSPS) is 11.1. The molecule has 3 rings (SSSR count). The highest BCUT2D eigenvalue weighted by Gasteiger charge is 2.05. The molecule has 6 nitrogen and oxygen atoms in total. The fourth-order valence-corrected chi connectivity index (χ4v) is 3.24. The Morgan fingerprint density at radius 2 is 1.93 bits per heavy atom. The Morgan fingerprint density at radius 3 is 2.57 bits per heavy atom. The van der Waals surface area contributed by atoms with E-state index >= 15 is 0 Å². The largest absolute Gasteiger partial charge is 0.357 e. The Morgan fingerprint density at radius 1 is 1.10 bits per heavy atom. The maximum Gasteiger partial charge on any atom is 0.191 e. The molecule has 0 atom stereocenters. The lowest BCUT2D eigenvalue weighted by Gasteiger charge is -2.11. The van der Waals surface area contributed by atoms with E-state index in [9.17, 15) is 0 Å². The number of rotatable bonds is 7. The zero-order valence-electron chi connectivity index (χ0n) is 17.5. The molecule has 0 aliphatic carbocycles. The number of hydrogen-bond acceptors (Lipinski definition) is 3. The molecule has 0 fully saturated rings. The minimum atomic E-state index is 0. The van der Waals surface area contributed by atoms with Gasteiger partial charge in [-0.15, -0.1) is 24.0 Å². The number of aryl methyl sites for hydroxylation is 2. The Hall–Kier alpha value is -2.13. The maximum absolute atomic E-state index is 6.05. The summed E-state index contributed by atoms with van der Waals surface area (Å²) in [5, 5.41) is 11.9. The molecule has 2 N–H and O–H groups in total. The van der Waals surface area contributed by atoms with Gasteiger partial charge in [-0.3, -0.25) is 0 Å². The highest BCUT2D eigenvalue weighted by atomic mass is 127. The van der Waals surface area contributed by atoms with Crippen molar-refractivity contribution in [2.75, 3.05) is 13.1 Å². The molecule has 0 unspecified atom stereocenters. The fourth-order valence-electron chi connectivity index (χ4n) is 3.03. The van der Waals surface area contributed by atoms with E-state index < -0.39 is 0 Å². The fraction of sp³-hybridized carbons (Fsp3) is 0.318. The lowest BCUT2D eigenvalue weighted by molar-refractivity contribution is 0.794. The summed E-state index contributed by atoms with van der Waals surface area (Å²) < 4.78 is 1.85. The quantitative estimate of drug-likeness (QED) is 0.265. The molecule has 3 aromatic rings. The van der Waals surface area contributed by atoms with Gasteiger partial charge in [-0.1, -0.05) is 29.8 Å². The molecule has 8 heteroatoms. The first-order valence-corrected chi connectivity index (χ1v) is 10.2. The number of nitrogens with one attached hydrogen (secondary N) is 2. The predicted octanol–water partition coefficient (Wildman–Crippen LogP) is 4.45. The van der Waals surface area contributed by atoms with Crippen molar-refractivity contribution in [3.8, 4) is 5.82 Å². The third kappa shape index (κ3) is 6.98. The Bertz CT molecular complexity index is 968. The standard InChI is InChI=1S/C22H27ClN6.HI/c1-4-24-22(25-11-10-18-6-5-7-20(23)13-18)27-15-19-8-9-21(26-14-19)29-17(3)12-16(2)28-29;/h5-9,12-14H,4,10-11,15H2,1-3H3,(H2,24,25,27);1H. The van der Waals surface area contributed by atoms with Crippen LogP contribution in [0, 0.1) is 13.8 Å². The second kappa shape index (κ2) is 11.9. The van der Waals surface area contributed by atoms with Crippen LogP contribution >= 0.6 is 35.6 Å². The number of nitrogens with zero attached hydrogens (tertiary/aromatic N) is 4. The van der Waals surface area contributed by atoms with Crippen LogP contribution in [0.1, 0.15) is 29.4 Å². The predicted molar refractivity (Wildman–Crippen MR) is 134 cm³/mol. The topological polar surface area (TPSA) is 67.1 Å². The van der Waals surface area contributed by atoms with Crippen molar-refractivity contribution in [3.63, 3.8) is 0 Å². The van der Waals surface area contributed by atoms with Crippen LogP contribution in [0.3, 0.4) is 0 Å². The van der Waals surface area contributed by atoms with Crippen LogP contribution in [0.4, 0.5) is 0 Å². The third-order valence-electron chi connectivity index (χ3n) is 4.39. The van der Waals surface area contributed by atoms with Gasteiger partial charge >= 0.3 is 0 Å². The van der Waals surface area contributed by atoms with E-state index in [-0.39, 0.29) is 24.0 Å². The molecule has 0 aliphatic rings. The van der Waals surface area contributed by atoms with E-state index in [0.717, 1.165) is 53.3 Å². The number of pyridine rings is 1. The zero-order valence-corrected chi connectivity index (χ0v) is 20.6. The van der Waals surface area contributed by atoms with E-state index in [0.29, 0.717) is 6.54 Å². The molecule has 0 saturated carbocycles. The van der Waals surface area contributed by atoms with Crippen LogP contribution < -0.4 is 10.6 Å². The van der Waals surface area contributed by atoms with Gasteiger partial charge in [0.2, 0.25) is 0 Å². The zero-order chi connectivity index (χ0) is 20.6. The van der Waals surface area contributed by atoms with E-state index in [4.69, 9.17) is 11.6 Å². The van der Waals surface area contributed by atoms with Crippen molar-refractivity contribution in [1.29, 1.82) is 0 Å². The lowest BCUT2D eigenvalue weighted by atomic mass is 10.1. The van der Waals surface area contributed by atoms with Gasteiger partial charge in [0.25, 0.3) is 0 Å². The SMILES string of the molecule is CCNC(=NCc1ccc(-n2nc(C)cc2C)nc1)NCCc1cccc(Cl)c1.I. The van der Waals surface area contributed by atoms with Crippen molar-refractivity contribution in [2.45, 2.75) is 33.7 Å². The number of halogens is 2. The molecular formula is C22H28ClIN6. The van der Waals surface area contributed by atoms with Crippen molar-refractivity contribution in [3.05, 3.63) is 76.2 Å². The first-order valence-electron chi connectivity index (χ1n) is 9.80. The minimum absolute atomic E-state index is 0. The summed E-state index contributed by atoms with van der Waals surface area (Å²) in [5.74, 6) is 1.60. The summed E-state index contributed by atoms with van der Waals surface area (Å²) in [4.78, 5) is 9.20. The van der Waals surface area contributed by atoms with Gasteiger partial charge in [0, 0.05) is 30.0 Å². The van der Waals surface area contributed by atoms with Crippen molar-refractivity contribution < 1.29 is 0 Å². The van der Waals surface area contributed by atoms with E-state index in [1.165, 1.54) is 5.56 Å². The van der Waals surface area contributed by atoms with Gasteiger partial charge in [-0.25, -0.2) is 14.7 Å². The summed E-state index contributed by atoms with van der Waals surface area (Å²) in [7, 11) is 0. The molecule has 0 bridgehead atoms. The van der Waals surface area contributed by atoms with Crippen LogP contribution in [0.2, 0.25) is 5.02 Å². The summed E-state index contributed by atoms with van der Waals surface area (Å²) in [6.07, 6.45) is 2.73. The molecule has 0 radical (unpaired) electrons. The molecule has 0 amide bonds. The summed E-state index contributed by atoms with van der Waals surface area (Å²) in [6, 6.07) is 14.0. The number of aromatic nitrogens is 3.